The minimum Gasteiger partial charge on any atom is -0.314 e. The van der Waals surface area contributed by atoms with E-state index in [0.29, 0.717) is 18.0 Å². The van der Waals surface area contributed by atoms with Crippen LogP contribution in [0.15, 0.2) is 17.5 Å². The summed E-state index contributed by atoms with van der Waals surface area (Å²) in [7, 11) is 0. The van der Waals surface area contributed by atoms with Crippen molar-refractivity contribution in [3.63, 3.8) is 0 Å². The van der Waals surface area contributed by atoms with E-state index in [1.165, 1.54) is 49.9 Å². The van der Waals surface area contributed by atoms with Gasteiger partial charge in [0.2, 0.25) is 0 Å². The van der Waals surface area contributed by atoms with Gasteiger partial charge in [-0.15, -0.1) is 11.3 Å². The second-order valence-corrected chi connectivity index (χ2v) is 8.14. The van der Waals surface area contributed by atoms with Crippen molar-refractivity contribution in [2.24, 2.45) is 11.8 Å². The third kappa shape index (κ3) is 3.69. The second kappa shape index (κ2) is 7.26. The van der Waals surface area contributed by atoms with Crippen LogP contribution in [-0.2, 0) is 0 Å². The summed E-state index contributed by atoms with van der Waals surface area (Å²) in [4.78, 5) is 1.51. The molecule has 2 nitrogen and oxygen atoms in total. The maximum absolute atomic E-state index is 4.04. The number of thiophene rings is 1. The van der Waals surface area contributed by atoms with Crippen molar-refractivity contribution in [2.45, 2.75) is 70.5 Å². The third-order valence-corrected chi connectivity index (χ3v) is 6.30. The zero-order valence-electron chi connectivity index (χ0n) is 13.5. The number of hydrogen-bond donors (Lipinski definition) is 2. The topological polar surface area (TPSA) is 24.1 Å². The maximum atomic E-state index is 4.04. The Morgan fingerprint density at radius 3 is 2.76 bits per heavy atom. The van der Waals surface area contributed by atoms with Crippen LogP contribution in [0.25, 0.3) is 0 Å². The molecule has 0 radical (unpaired) electrons. The summed E-state index contributed by atoms with van der Waals surface area (Å²) in [6, 6.07) is 6.47. The smallest absolute Gasteiger partial charge is 0.0440 e. The highest BCUT2D eigenvalue weighted by Crippen LogP contribution is 2.35. The molecule has 0 aromatic carbocycles. The van der Waals surface area contributed by atoms with Gasteiger partial charge in [0.1, 0.15) is 0 Å². The summed E-state index contributed by atoms with van der Waals surface area (Å²) in [5, 5.41) is 10.0. The SMILES string of the molecule is CC(C)C(NC1CCCC1C1CCCCN1)c1cccs1. The van der Waals surface area contributed by atoms with Crippen LogP contribution in [0.2, 0.25) is 0 Å². The highest BCUT2D eigenvalue weighted by atomic mass is 32.1. The molecule has 0 spiro atoms. The van der Waals surface area contributed by atoms with Crippen molar-refractivity contribution < 1.29 is 0 Å². The van der Waals surface area contributed by atoms with Gasteiger partial charge >= 0.3 is 0 Å². The molecule has 1 saturated carbocycles. The first kappa shape index (κ1) is 15.5. The highest BCUT2D eigenvalue weighted by Gasteiger charge is 2.35. The Morgan fingerprint density at radius 2 is 2.10 bits per heavy atom. The quantitative estimate of drug-likeness (QED) is 0.845. The molecule has 118 valence electrons. The van der Waals surface area contributed by atoms with Gasteiger partial charge in [-0.1, -0.05) is 32.8 Å². The molecule has 3 rings (SSSR count). The monoisotopic (exact) mass is 306 g/mol. The molecule has 1 aromatic heterocycles. The van der Waals surface area contributed by atoms with Crippen molar-refractivity contribution in [3.8, 4) is 0 Å². The largest absolute Gasteiger partial charge is 0.314 e. The first-order chi connectivity index (χ1) is 10.3. The van der Waals surface area contributed by atoms with Crippen LogP contribution in [-0.4, -0.2) is 18.6 Å². The van der Waals surface area contributed by atoms with Gasteiger partial charge in [-0.3, -0.25) is 0 Å². The van der Waals surface area contributed by atoms with Gasteiger partial charge < -0.3 is 10.6 Å². The molecule has 1 aromatic rings. The molecule has 1 aliphatic carbocycles. The summed E-state index contributed by atoms with van der Waals surface area (Å²) in [6.07, 6.45) is 8.33. The first-order valence-electron chi connectivity index (χ1n) is 8.78. The van der Waals surface area contributed by atoms with E-state index < -0.39 is 0 Å². The molecule has 1 saturated heterocycles. The van der Waals surface area contributed by atoms with Crippen LogP contribution < -0.4 is 10.6 Å². The van der Waals surface area contributed by atoms with Crippen LogP contribution in [0, 0.1) is 11.8 Å². The van der Waals surface area contributed by atoms with Crippen molar-refractivity contribution >= 4 is 11.3 Å². The average molecular weight is 307 g/mol. The van der Waals surface area contributed by atoms with E-state index >= 15 is 0 Å². The number of nitrogens with one attached hydrogen (secondary N) is 2. The zero-order valence-corrected chi connectivity index (χ0v) is 14.3. The number of rotatable bonds is 5. The van der Waals surface area contributed by atoms with Gasteiger partial charge in [0.15, 0.2) is 0 Å². The van der Waals surface area contributed by atoms with Crippen LogP contribution in [0.5, 0.6) is 0 Å². The molecule has 3 heteroatoms. The van der Waals surface area contributed by atoms with Crippen molar-refractivity contribution in [1.29, 1.82) is 0 Å². The molecular formula is C18H30N2S. The van der Waals surface area contributed by atoms with Gasteiger partial charge in [-0.05, 0) is 55.5 Å². The van der Waals surface area contributed by atoms with Gasteiger partial charge in [0.05, 0.1) is 0 Å². The molecule has 0 amide bonds. The van der Waals surface area contributed by atoms with E-state index in [1.54, 1.807) is 0 Å². The van der Waals surface area contributed by atoms with Gasteiger partial charge in [0, 0.05) is 23.0 Å². The maximum Gasteiger partial charge on any atom is 0.0440 e. The Labute approximate surface area is 133 Å². The molecule has 2 heterocycles. The first-order valence-corrected chi connectivity index (χ1v) is 9.66. The average Bonchev–Trinajstić information content (AvgIpc) is 3.17. The molecule has 2 N–H and O–H groups in total. The summed E-state index contributed by atoms with van der Waals surface area (Å²) >= 11 is 1.90. The van der Waals surface area contributed by atoms with Crippen LogP contribution >= 0.6 is 11.3 Å². The van der Waals surface area contributed by atoms with E-state index in [9.17, 15) is 0 Å². The van der Waals surface area contributed by atoms with Crippen molar-refractivity contribution in [1.82, 2.24) is 10.6 Å². The Balaban J connectivity index is 1.66. The Bertz CT molecular complexity index is 409. The second-order valence-electron chi connectivity index (χ2n) is 7.16. The molecule has 0 bridgehead atoms. The van der Waals surface area contributed by atoms with Gasteiger partial charge in [-0.25, -0.2) is 0 Å². The van der Waals surface area contributed by atoms with Crippen LogP contribution in [0.4, 0.5) is 0 Å². The van der Waals surface area contributed by atoms with Crippen molar-refractivity contribution in [2.75, 3.05) is 6.54 Å². The fourth-order valence-corrected chi connectivity index (χ4v) is 5.18. The van der Waals surface area contributed by atoms with E-state index in [-0.39, 0.29) is 0 Å². The van der Waals surface area contributed by atoms with E-state index in [1.807, 2.05) is 11.3 Å². The highest BCUT2D eigenvalue weighted by molar-refractivity contribution is 7.10. The Hall–Kier alpha value is -0.380. The predicted octanol–water partition coefficient (Wildman–Crippen LogP) is 4.35. The number of hydrogen-bond acceptors (Lipinski definition) is 3. The normalized spacial score (nSPS) is 31.7. The van der Waals surface area contributed by atoms with E-state index in [4.69, 9.17) is 0 Å². The van der Waals surface area contributed by atoms with Crippen LogP contribution in [0.3, 0.4) is 0 Å². The minimum atomic E-state index is 0.527. The predicted molar refractivity (Wildman–Crippen MR) is 91.8 cm³/mol. The molecule has 2 fully saturated rings. The van der Waals surface area contributed by atoms with Crippen LogP contribution in [0.1, 0.15) is 63.3 Å². The standard InChI is InChI=1S/C18H30N2S/c1-13(2)18(17-10-6-12-21-17)20-16-9-5-7-14(16)15-8-3-4-11-19-15/h6,10,12-16,18-20H,3-5,7-9,11H2,1-2H3. The number of piperidine rings is 1. The Kier molecular flexibility index (Phi) is 5.36. The summed E-state index contributed by atoms with van der Waals surface area (Å²) in [5.74, 6) is 1.50. The summed E-state index contributed by atoms with van der Waals surface area (Å²) in [6.45, 7) is 5.92. The lowest BCUT2D eigenvalue weighted by Crippen LogP contribution is -2.48. The van der Waals surface area contributed by atoms with Crippen molar-refractivity contribution in [3.05, 3.63) is 22.4 Å². The van der Waals surface area contributed by atoms with E-state index in [0.717, 1.165) is 12.0 Å². The Morgan fingerprint density at radius 1 is 1.19 bits per heavy atom. The molecule has 21 heavy (non-hydrogen) atoms. The molecule has 1 aliphatic heterocycles. The zero-order chi connectivity index (χ0) is 14.7. The lowest BCUT2D eigenvalue weighted by Gasteiger charge is -2.35. The van der Waals surface area contributed by atoms with Gasteiger partial charge in [-0.2, -0.15) is 0 Å². The fraction of sp³-hybridized carbons (Fsp3) is 0.778. The lowest BCUT2D eigenvalue weighted by molar-refractivity contribution is 0.234. The van der Waals surface area contributed by atoms with Gasteiger partial charge in [0.25, 0.3) is 0 Å². The summed E-state index contributed by atoms with van der Waals surface area (Å²) in [5.41, 5.74) is 0. The fourth-order valence-electron chi connectivity index (χ4n) is 4.22. The minimum absolute atomic E-state index is 0.527. The van der Waals surface area contributed by atoms with E-state index in [2.05, 4.69) is 42.0 Å². The molecule has 4 unspecified atom stereocenters. The molecule has 2 aliphatic rings. The lowest BCUT2D eigenvalue weighted by atomic mass is 9.87. The third-order valence-electron chi connectivity index (χ3n) is 5.34. The summed E-state index contributed by atoms with van der Waals surface area (Å²) < 4.78 is 0. The molecule has 4 atom stereocenters. The molecular weight excluding hydrogens is 276 g/mol.